The first-order chi connectivity index (χ1) is 10.1. The fraction of sp³-hybridized carbons (Fsp3) is 0.438. The first-order valence-corrected chi connectivity index (χ1v) is 7.38. The third-order valence-corrected chi connectivity index (χ3v) is 4.59. The highest BCUT2D eigenvalue weighted by Gasteiger charge is 2.49. The number of aromatic amines is 1. The Kier molecular flexibility index (Phi) is 3.27. The molecule has 1 aromatic heterocycles. The lowest BCUT2D eigenvalue weighted by molar-refractivity contribution is -0.142. The molecule has 0 saturated carbocycles. The van der Waals surface area contributed by atoms with E-state index in [1.165, 1.54) is 4.90 Å². The number of para-hydroxylation sites is 2. The normalized spacial score (nSPS) is 17.9. The zero-order chi connectivity index (χ0) is 15.0. The number of carbonyl (C=O) groups excluding carboxylic acids is 2. The van der Waals surface area contributed by atoms with E-state index < -0.39 is 5.41 Å². The summed E-state index contributed by atoms with van der Waals surface area (Å²) in [4.78, 5) is 33.7. The minimum Gasteiger partial charge on any atom is -0.340 e. The maximum absolute atomic E-state index is 12.6. The summed E-state index contributed by atoms with van der Waals surface area (Å²) < 4.78 is 0. The number of fused-ring (bicyclic) bond motifs is 1. The van der Waals surface area contributed by atoms with Gasteiger partial charge in [0.2, 0.25) is 11.8 Å². The van der Waals surface area contributed by atoms with Gasteiger partial charge in [-0.1, -0.05) is 26.0 Å². The van der Waals surface area contributed by atoms with E-state index in [1.54, 1.807) is 0 Å². The van der Waals surface area contributed by atoms with Gasteiger partial charge >= 0.3 is 0 Å². The van der Waals surface area contributed by atoms with Crippen molar-refractivity contribution in [3.05, 3.63) is 30.1 Å². The predicted octanol–water partition coefficient (Wildman–Crippen LogP) is 2.63. The number of amides is 2. The van der Waals surface area contributed by atoms with Crippen molar-refractivity contribution in [1.29, 1.82) is 0 Å². The van der Waals surface area contributed by atoms with E-state index in [9.17, 15) is 9.59 Å². The number of imide groups is 1. The fourth-order valence-corrected chi connectivity index (χ4v) is 3.05. The highest BCUT2D eigenvalue weighted by molar-refractivity contribution is 6.05. The van der Waals surface area contributed by atoms with Crippen LogP contribution < -0.4 is 0 Å². The van der Waals surface area contributed by atoms with E-state index in [2.05, 4.69) is 9.97 Å². The molecule has 1 N–H and O–H groups in total. The zero-order valence-corrected chi connectivity index (χ0v) is 12.3. The standard InChI is InChI=1S/C16H19N3O2/c1-3-16(4-2)9-14(20)19(15(16)21)10-13-17-11-7-5-6-8-12(11)18-13/h5-8H,3-4,9-10H2,1-2H3,(H,17,18). The predicted molar refractivity (Wildman–Crippen MR) is 79.3 cm³/mol. The van der Waals surface area contributed by atoms with Gasteiger partial charge in [-0.05, 0) is 25.0 Å². The highest BCUT2D eigenvalue weighted by Crippen LogP contribution is 2.39. The Labute approximate surface area is 123 Å². The molecule has 1 saturated heterocycles. The van der Waals surface area contributed by atoms with Gasteiger partial charge in [-0.15, -0.1) is 0 Å². The maximum Gasteiger partial charge on any atom is 0.236 e. The Balaban J connectivity index is 1.87. The third-order valence-electron chi connectivity index (χ3n) is 4.59. The van der Waals surface area contributed by atoms with Crippen LogP contribution in [0.25, 0.3) is 11.0 Å². The number of nitrogens with one attached hydrogen (secondary N) is 1. The molecule has 3 rings (SSSR count). The molecule has 1 aliphatic rings. The summed E-state index contributed by atoms with van der Waals surface area (Å²) in [7, 11) is 0. The average Bonchev–Trinajstić information content (AvgIpc) is 3.01. The number of imidazole rings is 1. The van der Waals surface area contributed by atoms with Crippen molar-refractivity contribution >= 4 is 22.8 Å². The lowest BCUT2D eigenvalue weighted by Gasteiger charge is -2.23. The summed E-state index contributed by atoms with van der Waals surface area (Å²) in [6.07, 6.45) is 1.72. The second kappa shape index (κ2) is 4.98. The van der Waals surface area contributed by atoms with Crippen molar-refractivity contribution in [3.63, 3.8) is 0 Å². The van der Waals surface area contributed by atoms with E-state index in [4.69, 9.17) is 0 Å². The van der Waals surface area contributed by atoms with E-state index in [1.807, 2.05) is 38.1 Å². The molecule has 0 radical (unpaired) electrons. The molecule has 5 heteroatoms. The van der Waals surface area contributed by atoms with Crippen LogP contribution >= 0.6 is 0 Å². The van der Waals surface area contributed by atoms with Crippen molar-refractivity contribution in [1.82, 2.24) is 14.9 Å². The number of rotatable bonds is 4. The number of H-pyrrole nitrogens is 1. The van der Waals surface area contributed by atoms with Crippen LogP contribution in [0.3, 0.4) is 0 Å². The molecule has 1 aromatic carbocycles. The van der Waals surface area contributed by atoms with Crippen LogP contribution in [-0.4, -0.2) is 26.7 Å². The van der Waals surface area contributed by atoms with Crippen LogP contribution in [0.2, 0.25) is 0 Å². The molecule has 1 aliphatic heterocycles. The van der Waals surface area contributed by atoms with Gasteiger partial charge in [0.15, 0.2) is 0 Å². The van der Waals surface area contributed by atoms with Crippen molar-refractivity contribution in [2.75, 3.05) is 0 Å². The largest absolute Gasteiger partial charge is 0.340 e. The lowest BCUT2D eigenvalue weighted by atomic mass is 9.81. The zero-order valence-electron chi connectivity index (χ0n) is 12.3. The van der Waals surface area contributed by atoms with E-state index in [-0.39, 0.29) is 18.4 Å². The average molecular weight is 285 g/mol. The van der Waals surface area contributed by atoms with E-state index >= 15 is 0 Å². The van der Waals surface area contributed by atoms with Crippen molar-refractivity contribution in [2.45, 2.75) is 39.7 Å². The monoisotopic (exact) mass is 285 g/mol. The summed E-state index contributed by atoms with van der Waals surface area (Å²) in [6.45, 7) is 4.17. The number of nitrogens with zero attached hydrogens (tertiary/aromatic N) is 2. The smallest absolute Gasteiger partial charge is 0.236 e. The van der Waals surface area contributed by atoms with Crippen molar-refractivity contribution < 1.29 is 9.59 Å². The topological polar surface area (TPSA) is 66.1 Å². The highest BCUT2D eigenvalue weighted by atomic mass is 16.2. The Morgan fingerprint density at radius 3 is 2.57 bits per heavy atom. The molecular formula is C16H19N3O2. The van der Waals surface area contributed by atoms with Gasteiger partial charge in [0.1, 0.15) is 5.82 Å². The summed E-state index contributed by atoms with van der Waals surface area (Å²) in [5, 5.41) is 0. The maximum atomic E-state index is 12.6. The molecule has 2 aromatic rings. The lowest BCUT2D eigenvalue weighted by Crippen LogP contribution is -2.35. The minimum absolute atomic E-state index is 0.0574. The van der Waals surface area contributed by atoms with Gasteiger partial charge in [-0.25, -0.2) is 4.98 Å². The van der Waals surface area contributed by atoms with Crippen LogP contribution in [0.1, 0.15) is 38.9 Å². The van der Waals surface area contributed by atoms with Gasteiger partial charge in [-0.2, -0.15) is 0 Å². The summed E-state index contributed by atoms with van der Waals surface area (Å²) in [5.74, 6) is 0.503. The number of likely N-dealkylation sites (tertiary alicyclic amines) is 1. The number of hydrogen-bond donors (Lipinski definition) is 1. The number of aromatic nitrogens is 2. The molecule has 0 bridgehead atoms. The van der Waals surface area contributed by atoms with E-state index in [0.29, 0.717) is 25.1 Å². The number of carbonyl (C=O) groups is 2. The molecule has 1 fully saturated rings. The Hall–Kier alpha value is -2.17. The van der Waals surface area contributed by atoms with E-state index in [0.717, 1.165) is 11.0 Å². The Morgan fingerprint density at radius 1 is 1.24 bits per heavy atom. The molecular weight excluding hydrogens is 266 g/mol. The molecule has 0 unspecified atom stereocenters. The van der Waals surface area contributed by atoms with Gasteiger partial charge in [0.25, 0.3) is 0 Å². The summed E-state index contributed by atoms with van der Waals surface area (Å²) in [5.41, 5.74) is 1.26. The quantitative estimate of drug-likeness (QED) is 0.878. The SMILES string of the molecule is CCC1(CC)CC(=O)N(Cc2nc3ccccc3[nH]2)C1=O. The first-order valence-electron chi connectivity index (χ1n) is 7.38. The van der Waals surface area contributed by atoms with Gasteiger partial charge < -0.3 is 4.98 Å². The first kappa shape index (κ1) is 13.8. The van der Waals surface area contributed by atoms with Gasteiger partial charge in [0, 0.05) is 6.42 Å². The molecule has 2 amide bonds. The van der Waals surface area contributed by atoms with Crippen molar-refractivity contribution in [3.8, 4) is 0 Å². The molecule has 21 heavy (non-hydrogen) atoms. The second-order valence-electron chi connectivity index (χ2n) is 5.65. The molecule has 5 nitrogen and oxygen atoms in total. The molecule has 110 valence electrons. The van der Waals surface area contributed by atoms with Crippen molar-refractivity contribution in [2.24, 2.45) is 5.41 Å². The molecule has 0 atom stereocenters. The third kappa shape index (κ3) is 2.13. The van der Waals surface area contributed by atoms with Gasteiger partial charge in [-0.3, -0.25) is 14.5 Å². The van der Waals surface area contributed by atoms with Crippen LogP contribution in [0.15, 0.2) is 24.3 Å². The minimum atomic E-state index is -0.511. The number of hydrogen-bond acceptors (Lipinski definition) is 3. The van der Waals surface area contributed by atoms with Crippen LogP contribution in [0.4, 0.5) is 0 Å². The van der Waals surface area contributed by atoms with Gasteiger partial charge in [0.05, 0.1) is 23.0 Å². The Bertz CT molecular complexity index is 667. The molecule has 0 spiro atoms. The molecule has 0 aliphatic carbocycles. The van der Waals surface area contributed by atoms with Crippen LogP contribution in [-0.2, 0) is 16.1 Å². The second-order valence-corrected chi connectivity index (χ2v) is 5.65. The Morgan fingerprint density at radius 2 is 1.95 bits per heavy atom. The number of benzene rings is 1. The summed E-state index contributed by atoms with van der Waals surface area (Å²) >= 11 is 0. The summed E-state index contributed by atoms with van der Waals surface area (Å²) in [6, 6.07) is 7.68. The van der Waals surface area contributed by atoms with Crippen LogP contribution in [0, 0.1) is 5.41 Å². The molecule has 2 heterocycles. The van der Waals surface area contributed by atoms with Crippen LogP contribution in [0.5, 0.6) is 0 Å². The fourth-order valence-electron chi connectivity index (χ4n) is 3.05.